The van der Waals surface area contributed by atoms with Crippen LogP contribution < -0.4 is 6.15 Å². The Bertz CT molecular complexity index is 537. The van der Waals surface area contributed by atoms with Crippen molar-refractivity contribution in [2.45, 2.75) is 105 Å². The highest BCUT2D eigenvalue weighted by Crippen LogP contribution is 2.69. The zero-order valence-electron chi connectivity index (χ0n) is 17.6. The fraction of sp³-hybridized carbons (Fsp3) is 0.960. The number of hydrogen-bond acceptors (Lipinski definition) is 2. The second kappa shape index (κ2) is 8.44. The Kier molecular flexibility index (Phi) is 7.11. The van der Waals surface area contributed by atoms with Gasteiger partial charge in [0, 0.05) is 5.92 Å². The van der Waals surface area contributed by atoms with Crippen molar-refractivity contribution in [3.8, 4) is 6.07 Å². The van der Waals surface area contributed by atoms with E-state index in [9.17, 15) is 5.26 Å². The van der Waals surface area contributed by atoms with Crippen LogP contribution in [-0.2, 0) is 0 Å². The Morgan fingerprint density at radius 1 is 0.963 bits per heavy atom. The largest absolute Gasteiger partial charge is 0.344 e. The molecule has 3 N–H and O–H groups in total. The second-order valence-corrected chi connectivity index (χ2v) is 10.7. The van der Waals surface area contributed by atoms with Crippen molar-refractivity contribution in [1.29, 1.82) is 5.26 Å². The molecular weight excluding hydrogens is 328 g/mol. The first-order valence-electron chi connectivity index (χ1n) is 11.4. The highest BCUT2D eigenvalue weighted by atomic mass is 14.7. The Hall–Kier alpha value is -0.550. The van der Waals surface area contributed by atoms with E-state index in [1.807, 2.05) is 0 Å². The van der Waals surface area contributed by atoms with E-state index >= 15 is 0 Å². The number of fused-ring (bicyclic) bond motifs is 5. The number of nitrogens with zero attached hydrogens (tertiary/aromatic N) is 1. The Balaban J connectivity index is 0.00000131. The van der Waals surface area contributed by atoms with Crippen molar-refractivity contribution in [3.05, 3.63) is 0 Å². The third-order valence-electron chi connectivity index (χ3n) is 9.90. The molecule has 2 nitrogen and oxygen atoms in total. The van der Waals surface area contributed by atoms with Crippen LogP contribution in [0.25, 0.3) is 0 Å². The molecule has 4 aliphatic carbocycles. The maximum atomic E-state index is 10.1. The van der Waals surface area contributed by atoms with E-state index in [0.29, 0.717) is 16.7 Å². The average molecular weight is 375 g/mol. The lowest BCUT2D eigenvalue weighted by Gasteiger charge is -2.61. The number of unbranched alkanes of at least 4 members (excludes halogenated alkanes) is 1. The third kappa shape index (κ3) is 3.37. The van der Waals surface area contributed by atoms with Crippen LogP contribution in [-0.4, -0.2) is 0 Å². The molecule has 156 valence electrons. The zero-order chi connectivity index (χ0) is 17.7. The molecule has 0 aliphatic heterocycles. The quantitative estimate of drug-likeness (QED) is 0.548. The molecule has 0 aromatic carbocycles. The standard InChI is InChI=1S/C24H39N.CH4.H3N/c1-4-5-8-18-10-11-20-22-17(16-25)15-19-9-6-7-13-23(19,2)21(22)12-14-24(18,20)3;;/h17-22H,4-15H2,1-3H3;1H4;1H3. The van der Waals surface area contributed by atoms with Crippen LogP contribution >= 0.6 is 0 Å². The van der Waals surface area contributed by atoms with Gasteiger partial charge in [-0.05, 0) is 91.8 Å². The summed E-state index contributed by atoms with van der Waals surface area (Å²) in [5.74, 6) is 4.55. The van der Waals surface area contributed by atoms with Crippen LogP contribution in [0, 0.1) is 57.7 Å². The van der Waals surface area contributed by atoms with Crippen LogP contribution in [0.1, 0.15) is 105 Å². The molecule has 4 aliphatic rings. The van der Waals surface area contributed by atoms with Gasteiger partial charge in [0.2, 0.25) is 0 Å². The van der Waals surface area contributed by atoms with E-state index in [4.69, 9.17) is 0 Å². The highest BCUT2D eigenvalue weighted by molar-refractivity contribution is 5.13. The van der Waals surface area contributed by atoms with Gasteiger partial charge < -0.3 is 6.15 Å². The molecule has 0 amide bonds. The van der Waals surface area contributed by atoms with Crippen LogP contribution in [0.2, 0.25) is 0 Å². The predicted molar refractivity (Wildman–Crippen MR) is 116 cm³/mol. The maximum Gasteiger partial charge on any atom is 0.0659 e. The van der Waals surface area contributed by atoms with Crippen molar-refractivity contribution in [2.75, 3.05) is 0 Å². The molecule has 4 rings (SSSR count). The minimum absolute atomic E-state index is 0. The molecule has 0 aromatic heterocycles. The van der Waals surface area contributed by atoms with Crippen molar-refractivity contribution in [2.24, 2.45) is 46.3 Å². The molecule has 0 radical (unpaired) electrons. The topological polar surface area (TPSA) is 58.8 Å². The Labute approximate surface area is 169 Å². The molecule has 8 atom stereocenters. The van der Waals surface area contributed by atoms with Crippen molar-refractivity contribution in [1.82, 2.24) is 6.15 Å². The molecule has 0 spiro atoms. The summed E-state index contributed by atoms with van der Waals surface area (Å²) in [4.78, 5) is 0. The first-order valence-corrected chi connectivity index (χ1v) is 11.4. The SMILES string of the molecule is C.CCCCC1CCC2C3C(C#N)CC4CCCCC4(C)C3CCC12C.N. The van der Waals surface area contributed by atoms with Gasteiger partial charge in [-0.25, -0.2) is 0 Å². The monoisotopic (exact) mass is 374 g/mol. The smallest absolute Gasteiger partial charge is 0.0659 e. The number of hydrogen-bond donors (Lipinski definition) is 1. The van der Waals surface area contributed by atoms with Crippen LogP contribution in [0.15, 0.2) is 0 Å². The summed E-state index contributed by atoms with van der Waals surface area (Å²) >= 11 is 0. The van der Waals surface area contributed by atoms with Crippen LogP contribution in [0.4, 0.5) is 0 Å². The minimum atomic E-state index is 0. The van der Waals surface area contributed by atoms with Gasteiger partial charge in [-0.1, -0.05) is 53.9 Å². The first kappa shape index (κ1) is 22.7. The fourth-order valence-corrected chi connectivity index (χ4v) is 8.47. The Morgan fingerprint density at radius 3 is 2.41 bits per heavy atom. The van der Waals surface area contributed by atoms with Gasteiger partial charge in [-0.2, -0.15) is 5.26 Å². The van der Waals surface area contributed by atoms with Crippen LogP contribution in [0.5, 0.6) is 0 Å². The molecule has 4 saturated carbocycles. The lowest BCUT2D eigenvalue weighted by molar-refractivity contribution is -0.127. The molecular formula is C25H46N2. The average Bonchev–Trinajstić information content (AvgIpc) is 2.95. The van der Waals surface area contributed by atoms with Crippen molar-refractivity contribution >= 4 is 0 Å². The van der Waals surface area contributed by atoms with E-state index in [-0.39, 0.29) is 13.6 Å². The lowest BCUT2D eigenvalue weighted by Crippen LogP contribution is -2.55. The van der Waals surface area contributed by atoms with Gasteiger partial charge in [0.15, 0.2) is 0 Å². The summed E-state index contributed by atoms with van der Waals surface area (Å²) in [7, 11) is 0. The highest BCUT2D eigenvalue weighted by Gasteiger charge is 2.61. The summed E-state index contributed by atoms with van der Waals surface area (Å²) in [6, 6.07) is 2.84. The molecule has 2 heteroatoms. The molecule has 4 fully saturated rings. The normalized spacial score (nSPS) is 48.1. The minimum Gasteiger partial charge on any atom is -0.344 e. The summed E-state index contributed by atoms with van der Waals surface area (Å²) in [6.45, 7) is 7.60. The van der Waals surface area contributed by atoms with E-state index in [2.05, 4.69) is 26.8 Å². The van der Waals surface area contributed by atoms with Gasteiger partial charge in [0.25, 0.3) is 0 Å². The third-order valence-corrected chi connectivity index (χ3v) is 9.90. The number of rotatable bonds is 3. The molecule has 0 saturated heterocycles. The molecule has 27 heavy (non-hydrogen) atoms. The molecule has 0 heterocycles. The van der Waals surface area contributed by atoms with E-state index in [1.54, 1.807) is 0 Å². The van der Waals surface area contributed by atoms with E-state index in [1.165, 1.54) is 77.0 Å². The zero-order valence-corrected chi connectivity index (χ0v) is 17.6. The van der Waals surface area contributed by atoms with Gasteiger partial charge in [0.05, 0.1) is 6.07 Å². The van der Waals surface area contributed by atoms with Crippen molar-refractivity contribution < 1.29 is 0 Å². The summed E-state index contributed by atoms with van der Waals surface area (Å²) in [5.41, 5.74) is 1.10. The van der Waals surface area contributed by atoms with Gasteiger partial charge in [-0.3, -0.25) is 0 Å². The van der Waals surface area contributed by atoms with Gasteiger partial charge in [0.1, 0.15) is 0 Å². The number of nitriles is 1. The van der Waals surface area contributed by atoms with Gasteiger partial charge in [-0.15, -0.1) is 0 Å². The lowest BCUT2D eigenvalue weighted by atomic mass is 9.42. The summed E-state index contributed by atoms with van der Waals surface area (Å²) in [5, 5.41) is 10.1. The van der Waals surface area contributed by atoms with Gasteiger partial charge >= 0.3 is 0 Å². The predicted octanol–water partition coefficient (Wildman–Crippen LogP) is 7.77. The Morgan fingerprint density at radius 2 is 1.70 bits per heavy atom. The first-order chi connectivity index (χ1) is 12.0. The van der Waals surface area contributed by atoms with Crippen molar-refractivity contribution in [3.63, 3.8) is 0 Å². The summed E-state index contributed by atoms with van der Waals surface area (Å²) < 4.78 is 0. The molecule has 8 unspecified atom stereocenters. The molecule has 0 aromatic rings. The van der Waals surface area contributed by atoms with E-state index < -0.39 is 0 Å². The molecule has 0 bridgehead atoms. The fourth-order valence-electron chi connectivity index (χ4n) is 8.47. The van der Waals surface area contributed by atoms with Crippen LogP contribution in [0.3, 0.4) is 0 Å². The maximum absolute atomic E-state index is 10.1. The van der Waals surface area contributed by atoms with E-state index in [0.717, 1.165) is 29.6 Å². The summed E-state index contributed by atoms with van der Waals surface area (Å²) in [6.07, 6.45) is 16.8. The second-order valence-electron chi connectivity index (χ2n) is 10.7.